The van der Waals surface area contributed by atoms with Gasteiger partial charge in [-0.15, -0.1) is 0 Å². The van der Waals surface area contributed by atoms with E-state index < -0.39 is 0 Å². The van der Waals surface area contributed by atoms with E-state index in [1.165, 1.54) is 6.07 Å². The van der Waals surface area contributed by atoms with Crippen molar-refractivity contribution in [1.29, 1.82) is 5.26 Å². The summed E-state index contributed by atoms with van der Waals surface area (Å²) in [4.78, 5) is 2.14. The predicted octanol–water partition coefficient (Wildman–Crippen LogP) is 2.81. The molecule has 0 heterocycles. The lowest BCUT2D eigenvalue weighted by Gasteiger charge is -2.21. The number of hydrogen-bond acceptors (Lipinski definition) is 2. The third-order valence-corrected chi connectivity index (χ3v) is 2.49. The van der Waals surface area contributed by atoms with E-state index in [0.29, 0.717) is 6.54 Å². The molecule has 0 aromatic heterocycles. The molecule has 2 nitrogen and oxygen atoms in total. The molecule has 0 fully saturated rings. The Morgan fingerprint density at radius 3 is 2.81 bits per heavy atom. The smallest absolute Gasteiger partial charge is 0.123 e. The summed E-state index contributed by atoms with van der Waals surface area (Å²) in [5.41, 5.74) is 0.951. The minimum absolute atomic E-state index is 0.00788. The second-order valence-corrected chi connectivity index (χ2v) is 3.99. The van der Waals surface area contributed by atoms with Gasteiger partial charge in [0.05, 0.1) is 12.0 Å². The van der Waals surface area contributed by atoms with E-state index in [4.69, 9.17) is 5.26 Å². The van der Waals surface area contributed by atoms with Gasteiger partial charge >= 0.3 is 0 Å². The van der Waals surface area contributed by atoms with Crippen LogP contribution in [0.25, 0.3) is 0 Å². The number of nitriles is 1. The monoisotopic (exact) mass is 220 g/mol. The predicted molar refractivity (Wildman–Crippen MR) is 62.1 cm³/mol. The number of halogens is 1. The largest absolute Gasteiger partial charge is 0.298 e. The molecule has 0 N–H and O–H groups in total. The fourth-order valence-electron chi connectivity index (χ4n) is 1.63. The molecule has 0 amide bonds. The third kappa shape index (κ3) is 4.00. The molecule has 1 atom stereocenters. The van der Waals surface area contributed by atoms with Gasteiger partial charge in [-0.25, -0.2) is 4.39 Å². The van der Waals surface area contributed by atoms with E-state index in [-0.39, 0.29) is 11.7 Å². The molecule has 0 radical (unpaired) electrons. The maximum Gasteiger partial charge on any atom is 0.123 e. The zero-order valence-electron chi connectivity index (χ0n) is 9.78. The Labute approximate surface area is 96.3 Å². The lowest BCUT2D eigenvalue weighted by atomic mass is 10.1. The topological polar surface area (TPSA) is 27.0 Å². The van der Waals surface area contributed by atoms with Crippen LogP contribution in [0, 0.1) is 23.1 Å². The Bertz CT molecular complexity index is 370. The summed E-state index contributed by atoms with van der Waals surface area (Å²) < 4.78 is 13.0. The van der Waals surface area contributed by atoms with Gasteiger partial charge in [0.15, 0.2) is 0 Å². The van der Waals surface area contributed by atoms with Gasteiger partial charge in [-0.2, -0.15) is 5.26 Å². The number of rotatable bonds is 5. The van der Waals surface area contributed by atoms with Gasteiger partial charge in [0.25, 0.3) is 0 Å². The summed E-state index contributed by atoms with van der Waals surface area (Å²) >= 11 is 0. The lowest BCUT2D eigenvalue weighted by Crippen LogP contribution is -2.27. The summed E-state index contributed by atoms with van der Waals surface area (Å²) in [5.74, 6) is -0.199. The second-order valence-electron chi connectivity index (χ2n) is 3.99. The zero-order valence-corrected chi connectivity index (χ0v) is 9.78. The van der Waals surface area contributed by atoms with Crippen LogP contribution in [0.5, 0.6) is 0 Å². The van der Waals surface area contributed by atoms with Crippen LogP contribution in [0.15, 0.2) is 24.3 Å². The molecule has 1 aromatic rings. The van der Waals surface area contributed by atoms with Crippen molar-refractivity contribution in [2.24, 2.45) is 5.92 Å². The van der Waals surface area contributed by atoms with Crippen molar-refractivity contribution in [2.45, 2.75) is 20.4 Å². The van der Waals surface area contributed by atoms with Gasteiger partial charge in [0, 0.05) is 13.1 Å². The maximum atomic E-state index is 13.0. The van der Waals surface area contributed by atoms with E-state index in [9.17, 15) is 4.39 Å². The van der Waals surface area contributed by atoms with Crippen molar-refractivity contribution in [2.75, 3.05) is 13.1 Å². The average Bonchev–Trinajstić information content (AvgIpc) is 2.28. The zero-order chi connectivity index (χ0) is 12.0. The Morgan fingerprint density at radius 2 is 2.25 bits per heavy atom. The SMILES string of the molecule is CCN(Cc1cccc(F)c1)CC(C)C#N. The van der Waals surface area contributed by atoms with E-state index in [0.717, 1.165) is 18.7 Å². The molecule has 0 aliphatic carbocycles. The average molecular weight is 220 g/mol. The first-order valence-electron chi connectivity index (χ1n) is 5.52. The second kappa shape index (κ2) is 6.24. The molecule has 0 bridgehead atoms. The molecule has 0 aliphatic heterocycles. The van der Waals surface area contributed by atoms with Crippen molar-refractivity contribution in [1.82, 2.24) is 4.90 Å². The van der Waals surface area contributed by atoms with Crippen LogP contribution in [0.4, 0.5) is 4.39 Å². The van der Waals surface area contributed by atoms with Gasteiger partial charge < -0.3 is 0 Å². The standard InChI is InChI=1S/C13H17FN2/c1-3-16(9-11(2)8-15)10-12-5-4-6-13(14)7-12/h4-7,11H,3,9-10H2,1-2H3. The Balaban J connectivity index is 2.60. The summed E-state index contributed by atoms with van der Waals surface area (Å²) in [6.07, 6.45) is 0. The van der Waals surface area contributed by atoms with Crippen LogP contribution in [0.1, 0.15) is 19.4 Å². The fraction of sp³-hybridized carbons (Fsp3) is 0.462. The first-order valence-corrected chi connectivity index (χ1v) is 5.52. The highest BCUT2D eigenvalue weighted by atomic mass is 19.1. The van der Waals surface area contributed by atoms with Crippen LogP contribution in [0.2, 0.25) is 0 Å². The Hall–Kier alpha value is -1.40. The van der Waals surface area contributed by atoms with Crippen molar-refractivity contribution in [3.63, 3.8) is 0 Å². The van der Waals surface area contributed by atoms with E-state index in [1.807, 2.05) is 19.9 Å². The van der Waals surface area contributed by atoms with Crippen LogP contribution in [-0.4, -0.2) is 18.0 Å². The summed E-state index contributed by atoms with van der Waals surface area (Å²) in [5, 5.41) is 8.75. The van der Waals surface area contributed by atoms with Crippen LogP contribution in [0.3, 0.4) is 0 Å². The number of hydrogen-bond donors (Lipinski definition) is 0. The van der Waals surface area contributed by atoms with Gasteiger partial charge in [-0.1, -0.05) is 19.1 Å². The van der Waals surface area contributed by atoms with Gasteiger partial charge in [-0.05, 0) is 31.2 Å². The van der Waals surface area contributed by atoms with Gasteiger partial charge in [0.2, 0.25) is 0 Å². The van der Waals surface area contributed by atoms with E-state index in [1.54, 1.807) is 12.1 Å². The Kier molecular flexibility index (Phi) is 4.94. The molecular weight excluding hydrogens is 203 g/mol. The molecule has 0 spiro atoms. The summed E-state index contributed by atoms with van der Waals surface area (Å²) in [6.45, 7) is 6.23. The third-order valence-electron chi connectivity index (χ3n) is 2.49. The molecule has 1 aromatic carbocycles. The lowest BCUT2D eigenvalue weighted by molar-refractivity contribution is 0.260. The van der Waals surface area contributed by atoms with E-state index in [2.05, 4.69) is 11.0 Å². The number of benzene rings is 1. The van der Waals surface area contributed by atoms with Gasteiger partial charge in [-0.3, -0.25) is 4.90 Å². The molecule has 16 heavy (non-hydrogen) atoms. The molecule has 1 unspecified atom stereocenters. The molecule has 86 valence electrons. The van der Waals surface area contributed by atoms with Crippen LogP contribution in [-0.2, 0) is 6.54 Å². The van der Waals surface area contributed by atoms with E-state index >= 15 is 0 Å². The van der Waals surface area contributed by atoms with Gasteiger partial charge in [0.1, 0.15) is 5.82 Å². The molecular formula is C13H17FN2. The van der Waals surface area contributed by atoms with Crippen LogP contribution < -0.4 is 0 Å². The molecule has 0 saturated carbocycles. The maximum absolute atomic E-state index is 13.0. The first kappa shape index (κ1) is 12.7. The van der Waals surface area contributed by atoms with Crippen LogP contribution >= 0.6 is 0 Å². The van der Waals surface area contributed by atoms with Crippen molar-refractivity contribution >= 4 is 0 Å². The highest BCUT2D eigenvalue weighted by Crippen LogP contribution is 2.08. The molecule has 0 aliphatic rings. The quantitative estimate of drug-likeness (QED) is 0.763. The van der Waals surface area contributed by atoms with Crippen molar-refractivity contribution in [3.05, 3.63) is 35.6 Å². The molecule has 3 heteroatoms. The molecule has 1 rings (SSSR count). The Morgan fingerprint density at radius 1 is 1.50 bits per heavy atom. The van der Waals surface area contributed by atoms with Crippen molar-refractivity contribution in [3.8, 4) is 6.07 Å². The summed E-state index contributed by atoms with van der Waals surface area (Å²) in [7, 11) is 0. The normalized spacial score (nSPS) is 12.4. The summed E-state index contributed by atoms with van der Waals surface area (Å²) in [6, 6.07) is 8.81. The first-order chi connectivity index (χ1) is 7.65. The highest BCUT2D eigenvalue weighted by molar-refractivity contribution is 5.16. The number of nitrogens with zero attached hydrogens (tertiary/aromatic N) is 2. The van der Waals surface area contributed by atoms with Crippen molar-refractivity contribution < 1.29 is 4.39 Å². The highest BCUT2D eigenvalue weighted by Gasteiger charge is 2.08. The fourth-order valence-corrected chi connectivity index (χ4v) is 1.63. The minimum atomic E-state index is -0.207. The minimum Gasteiger partial charge on any atom is -0.298 e. The molecule has 0 saturated heterocycles.